The maximum atomic E-state index is 3.61. The molecule has 1 aliphatic heterocycles. The van der Waals surface area contributed by atoms with Crippen LogP contribution >= 0.6 is 11.8 Å². The lowest BCUT2D eigenvalue weighted by molar-refractivity contribution is 0.578. The van der Waals surface area contributed by atoms with Gasteiger partial charge in [-0.1, -0.05) is 13.0 Å². The van der Waals surface area contributed by atoms with Crippen LogP contribution in [0, 0.1) is 13.8 Å². The van der Waals surface area contributed by atoms with E-state index in [1.165, 1.54) is 33.8 Å². The number of benzene rings is 1. The van der Waals surface area contributed by atoms with Crippen molar-refractivity contribution in [3.05, 3.63) is 28.8 Å². The van der Waals surface area contributed by atoms with Gasteiger partial charge < -0.3 is 5.32 Å². The molecule has 0 saturated heterocycles. The van der Waals surface area contributed by atoms with Gasteiger partial charge in [0.25, 0.3) is 0 Å². The van der Waals surface area contributed by atoms with Gasteiger partial charge in [0.1, 0.15) is 0 Å². The van der Waals surface area contributed by atoms with Gasteiger partial charge in [0, 0.05) is 16.7 Å². The summed E-state index contributed by atoms with van der Waals surface area (Å²) in [5.74, 6) is 1.19. The Balaban J connectivity index is 2.22. The maximum absolute atomic E-state index is 3.61. The number of nitrogens with one attached hydrogen (secondary N) is 1. The zero-order valence-electron chi connectivity index (χ0n) is 9.76. The molecule has 82 valence electrons. The number of fused-ring (bicyclic) bond motifs is 1. The van der Waals surface area contributed by atoms with Crippen LogP contribution in [0.1, 0.15) is 36.1 Å². The second-order valence-electron chi connectivity index (χ2n) is 4.29. The van der Waals surface area contributed by atoms with E-state index in [1.54, 1.807) is 0 Å². The summed E-state index contributed by atoms with van der Waals surface area (Å²) in [7, 11) is 0. The largest absolute Gasteiger partial charge is 0.309 e. The number of hydrogen-bond acceptors (Lipinski definition) is 2. The summed E-state index contributed by atoms with van der Waals surface area (Å²) in [5.41, 5.74) is 4.34. The molecule has 0 aromatic heterocycles. The van der Waals surface area contributed by atoms with E-state index in [0.29, 0.717) is 6.04 Å². The Labute approximate surface area is 96.7 Å². The Hall–Kier alpha value is -0.470. The van der Waals surface area contributed by atoms with Crippen molar-refractivity contribution in [2.45, 2.75) is 38.1 Å². The Morgan fingerprint density at radius 3 is 2.80 bits per heavy atom. The molecular weight excluding hydrogens is 202 g/mol. The highest BCUT2D eigenvalue weighted by Crippen LogP contribution is 2.39. The van der Waals surface area contributed by atoms with Crippen molar-refractivity contribution < 1.29 is 0 Å². The minimum Gasteiger partial charge on any atom is -0.309 e. The van der Waals surface area contributed by atoms with Gasteiger partial charge in [-0.3, -0.25) is 0 Å². The van der Waals surface area contributed by atoms with E-state index in [2.05, 4.69) is 38.2 Å². The third-order valence-corrected chi connectivity index (χ3v) is 4.21. The van der Waals surface area contributed by atoms with E-state index >= 15 is 0 Å². The van der Waals surface area contributed by atoms with Crippen LogP contribution in [0.3, 0.4) is 0 Å². The van der Waals surface area contributed by atoms with Crippen molar-refractivity contribution in [1.82, 2.24) is 5.32 Å². The van der Waals surface area contributed by atoms with Gasteiger partial charge in [-0.25, -0.2) is 0 Å². The van der Waals surface area contributed by atoms with Gasteiger partial charge in [-0.2, -0.15) is 0 Å². The molecule has 2 rings (SSSR count). The molecule has 0 amide bonds. The molecule has 1 aromatic carbocycles. The molecule has 15 heavy (non-hydrogen) atoms. The first-order chi connectivity index (χ1) is 7.22. The van der Waals surface area contributed by atoms with Crippen molar-refractivity contribution in [1.29, 1.82) is 0 Å². The van der Waals surface area contributed by atoms with E-state index < -0.39 is 0 Å². The predicted molar refractivity (Wildman–Crippen MR) is 67.7 cm³/mol. The average Bonchev–Trinajstić information content (AvgIpc) is 2.59. The number of hydrogen-bond donors (Lipinski definition) is 1. The topological polar surface area (TPSA) is 12.0 Å². The van der Waals surface area contributed by atoms with Gasteiger partial charge in [0.15, 0.2) is 0 Å². The van der Waals surface area contributed by atoms with Crippen LogP contribution in [0.2, 0.25) is 0 Å². The van der Waals surface area contributed by atoms with Crippen LogP contribution in [0.15, 0.2) is 17.0 Å². The van der Waals surface area contributed by atoms with Gasteiger partial charge in [-0.15, -0.1) is 11.8 Å². The summed E-state index contributed by atoms with van der Waals surface area (Å²) in [6, 6.07) is 5.27. The molecular formula is C13H19NS. The van der Waals surface area contributed by atoms with Gasteiger partial charge in [-0.05, 0) is 49.6 Å². The molecule has 1 atom stereocenters. The predicted octanol–water partition coefficient (Wildman–Crippen LogP) is 3.45. The van der Waals surface area contributed by atoms with Crippen molar-refractivity contribution in [2.24, 2.45) is 0 Å². The van der Waals surface area contributed by atoms with Crippen LogP contribution in [0.4, 0.5) is 0 Å². The highest BCUT2D eigenvalue weighted by Gasteiger charge is 2.22. The Morgan fingerprint density at radius 1 is 1.33 bits per heavy atom. The second-order valence-corrected chi connectivity index (χ2v) is 5.35. The van der Waals surface area contributed by atoms with Crippen LogP contribution in [-0.4, -0.2) is 12.3 Å². The Kier molecular flexibility index (Phi) is 3.37. The lowest BCUT2D eigenvalue weighted by atomic mass is 10.0. The van der Waals surface area contributed by atoms with E-state index in [9.17, 15) is 0 Å². The molecule has 1 heterocycles. The lowest BCUT2D eigenvalue weighted by Crippen LogP contribution is -2.21. The summed E-state index contributed by atoms with van der Waals surface area (Å²) in [6.45, 7) is 7.74. The molecule has 1 N–H and O–H groups in total. The van der Waals surface area contributed by atoms with Crippen LogP contribution in [0.5, 0.6) is 0 Å². The van der Waals surface area contributed by atoms with Crippen molar-refractivity contribution in [3.63, 3.8) is 0 Å². The molecule has 0 fully saturated rings. The Bertz CT molecular complexity index is 360. The van der Waals surface area contributed by atoms with Crippen molar-refractivity contribution in [3.8, 4) is 0 Å². The summed E-state index contributed by atoms with van der Waals surface area (Å²) in [5, 5.41) is 3.61. The molecule has 0 saturated carbocycles. The minimum atomic E-state index is 0.573. The SMILES string of the molecule is CCCNC1CSc2cc(C)c(C)cc21. The normalized spacial score (nSPS) is 19.3. The summed E-state index contributed by atoms with van der Waals surface area (Å²) >= 11 is 1.99. The molecule has 0 spiro atoms. The summed E-state index contributed by atoms with van der Waals surface area (Å²) in [6.07, 6.45) is 1.21. The molecule has 1 unspecified atom stereocenters. The highest BCUT2D eigenvalue weighted by atomic mass is 32.2. The highest BCUT2D eigenvalue weighted by molar-refractivity contribution is 7.99. The number of aryl methyl sites for hydroxylation is 2. The van der Waals surface area contributed by atoms with E-state index in [-0.39, 0.29) is 0 Å². The number of rotatable bonds is 3. The molecule has 0 bridgehead atoms. The maximum Gasteiger partial charge on any atom is 0.0426 e. The minimum absolute atomic E-state index is 0.573. The van der Waals surface area contributed by atoms with E-state index in [1.807, 2.05) is 11.8 Å². The van der Waals surface area contributed by atoms with Crippen molar-refractivity contribution >= 4 is 11.8 Å². The first-order valence-electron chi connectivity index (χ1n) is 5.69. The smallest absolute Gasteiger partial charge is 0.0426 e. The Morgan fingerprint density at radius 2 is 2.07 bits per heavy atom. The molecule has 0 radical (unpaired) electrons. The molecule has 2 heteroatoms. The summed E-state index contributed by atoms with van der Waals surface area (Å²) < 4.78 is 0. The molecule has 1 nitrogen and oxygen atoms in total. The third kappa shape index (κ3) is 2.21. The van der Waals surface area contributed by atoms with Crippen molar-refractivity contribution in [2.75, 3.05) is 12.3 Å². The first-order valence-corrected chi connectivity index (χ1v) is 6.68. The lowest BCUT2D eigenvalue weighted by Gasteiger charge is -2.13. The molecule has 0 aliphatic carbocycles. The summed E-state index contributed by atoms with van der Waals surface area (Å²) in [4.78, 5) is 1.48. The van der Waals surface area contributed by atoms with E-state index in [0.717, 1.165) is 6.54 Å². The number of thioether (sulfide) groups is 1. The average molecular weight is 221 g/mol. The van der Waals surface area contributed by atoms with E-state index in [4.69, 9.17) is 0 Å². The molecule has 1 aliphatic rings. The zero-order chi connectivity index (χ0) is 10.8. The third-order valence-electron chi connectivity index (χ3n) is 3.05. The van der Waals surface area contributed by atoms with Crippen LogP contribution < -0.4 is 5.32 Å². The first kappa shape index (κ1) is 11.0. The van der Waals surface area contributed by atoms with Crippen LogP contribution in [0.25, 0.3) is 0 Å². The second kappa shape index (κ2) is 4.58. The van der Waals surface area contributed by atoms with Gasteiger partial charge in [0.05, 0.1) is 0 Å². The quantitative estimate of drug-likeness (QED) is 0.839. The monoisotopic (exact) mass is 221 g/mol. The zero-order valence-corrected chi connectivity index (χ0v) is 10.6. The fraction of sp³-hybridized carbons (Fsp3) is 0.538. The van der Waals surface area contributed by atoms with Gasteiger partial charge >= 0.3 is 0 Å². The van der Waals surface area contributed by atoms with Crippen LogP contribution in [-0.2, 0) is 0 Å². The standard InChI is InChI=1S/C13H19NS/c1-4-5-14-12-8-15-13-7-10(3)9(2)6-11(12)13/h6-7,12,14H,4-5,8H2,1-3H3. The fourth-order valence-corrected chi connectivity index (χ4v) is 3.23. The van der Waals surface area contributed by atoms with Gasteiger partial charge in [0.2, 0.25) is 0 Å². The fourth-order valence-electron chi connectivity index (χ4n) is 1.96. The molecule has 1 aromatic rings.